The molecule has 0 aromatic rings. The third-order valence-electron chi connectivity index (χ3n) is 2.98. The lowest BCUT2D eigenvalue weighted by atomic mass is 9.98. The molecule has 0 spiro atoms. The summed E-state index contributed by atoms with van der Waals surface area (Å²) >= 11 is 0. The minimum absolute atomic E-state index is 0.0972. The van der Waals surface area contributed by atoms with Crippen molar-refractivity contribution in [2.75, 3.05) is 33.3 Å². The van der Waals surface area contributed by atoms with Crippen molar-refractivity contribution >= 4 is 5.97 Å². The van der Waals surface area contributed by atoms with Crippen LogP contribution in [-0.4, -0.2) is 49.7 Å². The molecule has 1 unspecified atom stereocenters. The number of ether oxygens (including phenoxy) is 1. The molecular formula is C12H24N2O2. The van der Waals surface area contributed by atoms with Gasteiger partial charge >= 0.3 is 5.97 Å². The third-order valence-corrected chi connectivity index (χ3v) is 2.98. The van der Waals surface area contributed by atoms with Crippen LogP contribution in [-0.2, 0) is 9.53 Å². The van der Waals surface area contributed by atoms with Crippen LogP contribution in [0.3, 0.4) is 0 Å². The summed E-state index contributed by atoms with van der Waals surface area (Å²) in [4.78, 5) is 14.2. The molecule has 1 aliphatic rings. The summed E-state index contributed by atoms with van der Waals surface area (Å²) in [5.41, 5.74) is -0.477. The zero-order valence-electron chi connectivity index (χ0n) is 10.9. The number of nitrogens with one attached hydrogen (secondary N) is 1. The van der Waals surface area contributed by atoms with E-state index in [0.29, 0.717) is 12.5 Å². The number of carbonyl (C=O) groups is 1. The predicted molar refractivity (Wildman–Crippen MR) is 64.3 cm³/mol. The van der Waals surface area contributed by atoms with Crippen molar-refractivity contribution in [1.29, 1.82) is 0 Å². The van der Waals surface area contributed by atoms with E-state index in [0.717, 1.165) is 26.1 Å². The van der Waals surface area contributed by atoms with Gasteiger partial charge in [-0.2, -0.15) is 0 Å². The highest BCUT2D eigenvalue weighted by Gasteiger charge is 2.44. The van der Waals surface area contributed by atoms with Crippen molar-refractivity contribution < 1.29 is 9.53 Å². The zero-order chi connectivity index (χ0) is 12.2. The Hall–Kier alpha value is -0.610. The quantitative estimate of drug-likeness (QED) is 0.709. The predicted octanol–water partition coefficient (Wildman–Crippen LogP) is 0.869. The van der Waals surface area contributed by atoms with Gasteiger partial charge in [-0.3, -0.25) is 0 Å². The Morgan fingerprint density at radius 1 is 1.56 bits per heavy atom. The molecule has 0 radical (unpaired) electrons. The van der Waals surface area contributed by atoms with Crippen LogP contribution in [0.5, 0.6) is 0 Å². The molecule has 0 aromatic heterocycles. The zero-order valence-corrected chi connectivity index (χ0v) is 10.9. The fourth-order valence-electron chi connectivity index (χ4n) is 2.05. The largest absolute Gasteiger partial charge is 0.465 e. The van der Waals surface area contributed by atoms with Crippen molar-refractivity contribution in [2.45, 2.75) is 32.7 Å². The van der Waals surface area contributed by atoms with Gasteiger partial charge in [0.15, 0.2) is 0 Å². The van der Waals surface area contributed by atoms with Crippen molar-refractivity contribution in [3.05, 3.63) is 0 Å². The van der Waals surface area contributed by atoms with E-state index in [2.05, 4.69) is 24.1 Å². The van der Waals surface area contributed by atoms with E-state index >= 15 is 0 Å². The van der Waals surface area contributed by atoms with Crippen molar-refractivity contribution in [1.82, 2.24) is 10.2 Å². The van der Waals surface area contributed by atoms with Crippen molar-refractivity contribution in [3.8, 4) is 0 Å². The molecule has 94 valence electrons. The first-order chi connectivity index (χ1) is 7.50. The van der Waals surface area contributed by atoms with E-state index in [1.807, 2.05) is 14.0 Å². The second-order valence-electron chi connectivity index (χ2n) is 5.07. The molecular weight excluding hydrogens is 204 g/mol. The first kappa shape index (κ1) is 13.5. The van der Waals surface area contributed by atoms with Gasteiger partial charge in [-0.25, -0.2) is 4.79 Å². The highest BCUT2D eigenvalue weighted by molar-refractivity contribution is 5.81. The number of nitrogens with zero attached hydrogens (tertiary/aromatic N) is 1. The summed E-state index contributed by atoms with van der Waals surface area (Å²) in [6.07, 6.45) is 0.842. The molecule has 4 heteroatoms. The highest BCUT2D eigenvalue weighted by Crippen LogP contribution is 2.22. The average Bonchev–Trinajstić information content (AvgIpc) is 2.59. The van der Waals surface area contributed by atoms with E-state index in [1.165, 1.54) is 0 Å². The Kier molecular flexibility index (Phi) is 4.74. The lowest BCUT2D eigenvalue weighted by Crippen LogP contribution is -2.55. The van der Waals surface area contributed by atoms with Crippen LogP contribution >= 0.6 is 0 Å². The van der Waals surface area contributed by atoms with Crippen molar-refractivity contribution in [3.63, 3.8) is 0 Å². The van der Waals surface area contributed by atoms with Gasteiger partial charge in [-0.1, -0.05) is 13.8 Å². The van der Waals surface area contributed by atoms with E-state index in [4.69, 9.17) is 4.74 Å². The Morgan fingerprint density at radius 2 is 2.25 bits per heavy atom. The molecule has 0 aromatic carbocycles. The van der Waals surface area contributed by atoms with Gasteiger partial charge < -0.3 is 15.0 Å². The Morgan fingerprint density at radius 3 is 2.69 bits per heavy atom. The molecule has 0 saturated carbocycles. The normalized spacial score (nSPS) is 26.3. The molecule has 1 rings (SSSR count). The summed E-state index contributed by atoms with van der Waals surface area (Å²) in [6.45, 7) is 9.14. The first-order valence-electron chi connectivity index (χ1n) is 6.11. The highest BCUT2D eigenvalue weighted by atomic mass is 16.5. The molecule has 4 nitrogen and oxygen atoms in total. The maximum Gasteiger partial charge on any atom is 0.327 e. The number of esters is 1. The lowest BCUT2D eigenvalue weighted by molar-refractivity contribution is -0.150. The molecule has 1 N–H and O–H groups in total. The Bertz CT molecular complexity index is 243. The van der Waals surface area contributed by atoms with Crippen LogP contribution in [0.15, 0.2) is 0 Å². The minimum atomic E-state index is -0.477. The van der Waals surface area contributed by atoms with Crippen LogP contribution < -0.4 is 5.32 Å². The summed E-state index contributed by atoms with van der Waals surface area (Å²) in [7, 11) is 2.04. The second kappa shape index (κ2) is 5.64. The van der Waals surface area contributed by atoms with Gasteiger partial charge in [0.1, 0.15) is 5.54 Å². The minimum Gasteiger partial charge on any atom is -0.465 e. The monoisotopic (exact) mass is 228 g/mol. The number of likely N-dealkylation sites (N-methyl/N-ethyl adjacent to an activating group) is 1. The molecule has 1 fully saturated rings. The maximum atomic E-state index is 12.0. The van der Waals surface area contributed by atoms with Gasteiger partial charge in [0.25, 0.3) is 0 Å². The molecule has 1 heterocycles. The number of hydrogen-bond donors (Lipinski definition) is 1. The molecule has 0 bridgehead atoms. The standard InChI is InChI=1S/C12H24N2O2/c1-5-16-11(15)12(13-8-10(2)3)6-7-14(4)9-12/h10,13H,5-9H2,1-4H3. The molecule has 0 aliphatic carbocycles. The molecule has 1 aliphatic heterocycles. The Balaban J connectivity index is 2.65. The van der Waals surface area contributed by atoms with Gasteiger partial charge in [0.05, 0.1) is 6.61 Å². The topological polar surface area (TPSA) is 41.6 Å². The molecule has 1 saturated heterocycles. The SMILES string of the molecule is CCOC(=O)C1(NCC(C)C)CCN(C)C1. The van der Waals surface area contributed by atoms with E-state index in [9.17, 15) is 4.79 Å². The molecule has 0 amide bonds. The molecule has 1 atom stereocenters. The fraction of sp³-hybridized carbons (Fsp3) is 0.917. The fourth-order valence-corrected chi connectivity index (χ4v) is 2.05. The van der Waals surface area contributed by atoms with Gasteiger partial charge in [0.2, 0.25) is 0 Å². The third kappa shape index (κ3) is 3.19. The maximum absolute atomic E-state index is 12.0. The average molecular weight is 228 g/mol. The number of rotatable bonds is 5. The van der Waals surface area contributed by atoms with Crippen molar-refractivity contribution in [2.24, 2.45) is 5.92 Å². The molecule has 16 heavy (non-hydrogen) atoms. The van der Waals surface area contributed by atoms with Crippen LogP contribution in [0, 0.1) is 5.92 Å². The smallest absolute Gasteiger partial charge is 0.327 e. The number of carbonyl (C=O) groups excluding carboxylic acids is 1. The van der Waals surface area contributed by atoms with Crippen LogP contribution in [0.4, 0.5) is 0 Å². The van der Waals surface area contributed by atoms with Crippen LogP contribution in [0.2, 0.25) is 0 Å². The summed E-state index contributed by atoms with van der Waals surface area (Å²) < 4.78 is 5.18. The first-order valence-corrected chi connectivity index (χ1v) is 6.11. The van der Waals surface area contributed by atoms with Gasteiger partial charge in [-0.15, -0.1) is 0 Å². The van der Waals surface area contributed by atoms with Crippen LogP contribution in [0.1, 0.15) is 27.2 Å². The number of hydrogen-bond acceptors (Lipinski definition) is 4. The van der Waals surface area contributed by atoms with Gasteiger partial charge in [-0.05, 0) is 32.9 Å². The number of likely N-dealkylation sites (tertiary alicyclic amines) is 1. The Labute approximate surface area is 98.3 Å². The van der Waals surface area contributed by atoms with E-state index in [1.54, 1.807) is 0 Å². The summed E-state index contributed by atoms with van der Waals surface area (Å²) in [5.74, 6) is 0.442. The lowest BCUT2D eigenvalue weighted by Gasteiger charge is -2.28. The van der Waals surface area contributed by atoms with Crippen LogP contribution in [0.25, 0.3) is 0 Å². The van der Waals surface area contributed by atoms with Gasteiger partial charge in [0, 0.05) is 13.1 Å². The second-order valence-corrected chi connectivity index (χ2v) is 5.07. The summed E-state index contributed by atoms with van der Waals surface area (Å²) in [5, 5.41) is 3.39. The van der Waals surface area contributed by atoms with E-state index < -0.39 is 5.54 Å². The van der Waals surface area contributed by atoms with E-state index in [-0.39, 0.29) is 5.97 Å². The summed E-state index contributed by atoms with van der Waals surface area (Å²) in [6, 6.07) is 0.